The van der Waals surface area contributed by atoms with E-state index in [0.717, 1.165) is 43.3 Å². The van der Waals surface area contributed by atoms with Gasteiger partial charge < -0.3 is 10.1 Å². The number of aromatic amines is 1. The van der Waals surface area contributed by atoms with Crippen LogP contribution in [0.5, 0.6) is 0 Å². The summed E-state index contributed by atoms with van der Waals surface area (Å²) in [6.45, 7) is 8.13. The van der Waals surface area contributed by atoms with Crippen molar-refractivity contribution in [2.45, 2.75) is 26.0 Å². The molecule has 0 radical (unpaired) electrons. The van der Waals surface area contributed by atoms with Crippen LogP contribution in [0.1, 0.15) is 36.2 Å². The molecule has 25 heavy (non-hydrogen) atoms. The van der Waals surface area contributed by atoms with Gasteiger partial charge in [0.15, 0.2) is 0 Å². The van der Waals surface area contributed by atoms with Gasteiger partial charge in [-0.15, -0.1) is 0 Å². The normalized spacial score (nSPS) is 18.8. The van der Waals surface area contributed by atoms with Crippen LogP contribution in [-0.4, -0.2) is 57.6 Å². The topological polar surface area (TPSA) is 72.5 Å². The Labute approximate surface area is 148 Å². The summed E-state index contributed by atoms with van der Waals surface area (Å²) in [5, 5.41) is 10.4. The molecule has 0 bridgehead atoms. The van der Waals surface area contributed by atoms with Crippen molar-refractivity contribution in [1.82, 2.24) is 19.8 Å². The highest BCUT2D eigenvalue weighted by molar-refractivity contribution is 5.17. The molecule has 1 fully saturated rings. The van der Waals surface area contributed by atoms with Crippen molar-refractivity contribution in [2.24, 2.45) is 0 Å². The van der Waals surface area contributed by atoms with Crippen LogP contribution in [0, 0.1) is 6.92 Å². The van der Waals surface area contributed by atoms with Gasteiger partial charge in [-0.05, 0) is 19.4 Å². The highest BCUT2D eigenvalue weighted by Gasteiger charge is 2.24. The summed E-state index contributed by atoms with van der Waals surface area (Å²) in [5.41, 5.74) is 1.61. The van der Waals surface area contributed by atoms with Gasteiger partial charge in [0.25, 0.3) is 5.56 Å². The lowest BCUT2D eigenvalue weighted by atomic mass is 10.1. The predicted molar refractivity (Wildman–Crippen MR) is 97.4 cm³/mol. The third kappa shape index (κ3) is 4.54. The Morgan fingerprint density at radius 3 is 2.52 bits per heavy atom. The minimum atomic E-state index is -0.458. The number of β-amino-alcohol motifs (C(OH)–C–C–N with tert-alkyl or cyclic N) is 1. The SMILES string of the molecule is Cc1cc(=O)[nH]c(C(C)N2CCN(CC(O)c3ccccc3)CC2)n1. The lowest BCUT2D eigenvalue weighted by molar-refractivity contribution is 0.0573. The average molecular weight is 342 g/mol. The number of aryl methyl sites for hydroxylation is 1. The maximum absolute atomic E-state index is 11.7. The van der Waals surface area contributed by atoms with Gasteiger partial charge in [-0.1, -0.05) is 30.3 Å². The van der Waals surface area contributed by atoms with Gasteiger partial charge in [0.1, 0.15) is 5.82 Å². The zero-order chi connectivity index (χ0) is 17.8. The number of hydrogen-bond acceptors (Lipinski definition) is 5. The molecular weight excluding hydrogens is 316 g/mol. The number of nitrogens with zero attached hydrogens (tertiary/aromatic N) is 3. The molecule has 1 aliphatic heterocycles. The number of hydrogen-bond donors (Lipinski definition) is 2. The lowest BCUT2D eigenvalue weighted by Gasteiger charge is -2.38. The Hall–Kier alpha value is -2.02. The van der Waals surface area contributed by atoms with Crippen molar-refractivity contribution >= 4 is 0 Å². The van der Waals surface area contributed by atoms with Gasteiger partial charge in [0.05, 0.1) is 12.1 Å². The monoisotopic (exact) mass is 342 g/mol. The highest BCUT2D eigenvalue weighted by Crippen LogP contribution is 2.20. The van der Waals surface area contributed by atoms with Gasteiger partial charge >= 0.3 is 0 Å². The van der Waals surface area contributed by atoms with Crippen molar-refractivity contribution in [3.05, 3.63) is 63.8 Å². The van der Waals surface area contributed by atoms with Gasteiger partial charge in [-0.3, -0.25) is 14.6 Å². The zero-order valence-corrected chi connectivity index (χ0v) is 14.9. The van der Waals surface area contributed by atoms with Crippen LogP contribution in [0.3, 0.4) is 0 Å². The van der Waals surface area contributed by atoms with Gasteiger partial charge in [0.2, 0.25) is 0 Å². The number of H-pyrrole nitrogens is 1. The molecule has 0 amide bonds. The molecule has 0 saturated carbocycles. The first kappa shape index (κ1) is 17.8. The van der Waals surface area contributed by atoms with Crippen LogP contribution in [0.2, 0.25) is 0 Å². The van der Waals surface area contributed by atoms with Gasteiger partial charge in [-0.25, -0.2) is 4.98 Å². The third-order valence-electron chi connectivity index (χ3n) is 4.85. The van der Waals surface area contributed by atoms with Crippen molar-refractivity contribution < 1.29 is 5.11 Å². The van der Waals surface area contributed by atoms with Gasteiger partial charge in [-0.2, -0.15) is 0 Å². The number of nitrogens with one attached hydrogen (secondary N) is 1. The molecule has 1 aliphatic rings. The molecule has 6 nitrogen and oxygen atoms in total. The molecule has 1 aromatic carbocycles. The minimum Gasteiger partial charge on any atom is -0.387 e. The summed E-state index contributed by atoms with van der Waals surface area (Å²) in [6.07, 6.45) is -0.458. The molecule has 2 unspecified atom stereocenters. The van der Waals surface area contributed by atoms with E-state index in [1.165, 1.54) is 6.07 Å². The van der Waals surface area contributed by atoms with Crippen LogP contribution < -0.4 is 5.56 Å². The summed E-state index contributed by atoms with van der Waals surface area (Å²) in [5.74, 6) is 0.725. The molecule has 2 N–H and O–H groups in total. The Morgan fingerprint density at radius 2 is 1.88 bits per heavy atom. The van der Waals surface area contributed by atoms with Crippen molar-refractivity contribution in [3.8, 4) is 0 Å². The fraction of sp³-hybridized carbons (Fsp3) is 0.474. The molecule has 3 rings (SSSR count). The number of aliphatic hydroxyl groups excluding tert-OH is 1. The molecule has 2 atom stereocenters. The molecule has 2 aromatic rings. The van der Waals surface area contributed by atoms with Crippen molar-refractivity contribution in [1.29, 1.82) is 0 Å². The molecule has 2 heterocycles. The minimum absolute atomic E-state index is 0.0776. The van der Waals surface area contributed by atoms with Crippen LogP contribution in [0.25, 0.3) is 0 Å². The average Bonchev–Trinajstić information content (AvgIpc) is 2.61. The number of rotatable bonds is 5. The summed E-state index contributed by atoms with van der Waals surface area (Å²) < 4.78 is 0. The summed E-state index contributed by atoms with van der Waals surface area (Å²) >= 11 is 0. The fourth-order valence-corrected chi connectivity index (χ4v) is 3.33. The fourth-order valence-electron chi connectivity index (χ4n) is 3.33. The summed E-state index contributed by atoms with van der Waals surface area (Å²) in [4.78, 5) is 23.6. The maximum Gasteiger partial charge on any atom is 0.251 e. The summed E-state index contributed by atoms with van der Waals surface area (Å²) in [7, 11) is 0. The largest absolute Gasteiger partial charge is 0.387 e. The van der Waals surface area contributed by atoms with Crippen LogP contribution in [-0.2, 0) is 0 Å². The molecule has 0 spiro atoms. The molecule has 1 aromatic heterocycles. The smallest absolute Gasteiger partial charge is 0.251 e. The third-order valence-corrected chi connectivity index (χ3v) is 4.85. The van der Waals surface area contributed by atoms with E-state index in [9.17, 15) is 9.90 Å². The first-order chi connectivity index (χ1) is 12.0. The molecule has 1 saturated heterocycles. The summed E-state index contributed by atoms with van der Waals surface area (Å²) in [6, 6.07) is 11.4. The van der Waals surface area contributed by atoms with E-state index in [1.54, 1.807) is 0 Å². The van der Waals surface area contributed by atoms with E-state index in [1.807, 2.05) is 37.3 Å². The van der Waals surface area contributed by atoms with Crippen LogP contribution in [0.15, 0.2) is 41.2 Å². The number of aromatic nitrogens is 2. The van der Waals surface area contributed by atoms with E-state index < -0.39 is 6.10 Å². The Morgan fingerprint density at radius 1 is 1.20 bits per heavy atom. The zero-order valence-electron chi connectivity index (χ0n) is 14.9. The van der Waals surface area contributed by atoms with E-state index in [2.05, 4.69) is 26.7 Å². The second-order valence-electron chi connectivity index (χ2n) is 6.71. The molecule has 134 valence electrons. The standard InChI is InChI=1S/C19H26N4O2/c1-14-12-18(25)21-19(20-14)15(2)23-10-8-22(9-11-23)13-17(24)16-6-4-3-5-7-16/h3-7,12,15,17,24H,8-11,13H2,1-2H3,(H,20,21,25). The first-order valence-corrected chi connectivity index (χ1v) is 8.80. The number of piperazine rings is 1. The molecular formula is C19H26N4O2. The lowest BCUT2D eigenvalue weighted by Crippen LogP contribution is -2.48. The molecule has 6 heteroatoms. The maximum atomic E-state index is 11.7. The Balaban J connectivity index is 1.55. The molecule has 0 aliphatic carbocycles. The second-order valence-corrected chi connectivity index (χ2v) is 6.71. The quantitative estimate of drug-likeness (QED) is 0.861. The number of benzene rings is 1. The first-order valence-electron chi connectivity index (χ1n) is 8.80. The number of aliphatic hydroxyl groups is 1. The Kier molecular flexibility index (Phi) is 5.63. The van der Waals surface area contributed by atoms with Crippen molar-refractivity contribution in [3.63, 3.8) is 0 Å². The van der Waals surface area contributed by atoms with E-state index >= 15 is 0 Å². The van der Waals surface area contributed by atoms with E-state index in [-0.39, 0.29) is 11.6 Å². The Bertz CT molecular complexity index is 739. The van der Waals surface area contributed by atoms with Gasteiger partial charge in [0, 0.05) is 44.5 Å². The van der Waals surface area contributed by atoms with Crippen LogP contribution >= 0.6 is 0 Å². The predicted octanol–water partition coefficient (Wildman–Crippen LogP) is 1.49. The van der Waals surface area contributed by atoms with E-state index in [0.29, 0.717) is 6.54 Å². The van der Waals surface area contributed by atoms with Crippen LogP contribution in [0.4, 0.5) is 0 Å². The van der Waals surface area contributed by atoms with Crippen molar-refractivity contribution in [2.75, 3.05) is 32.7 Å². The second kappa shape index (κ2) is 7.91. The van der Waals surface area contributed by atoms with E-state index in [4.69, 9.17) is 0 Å². The highest BCUT2D eigenvalue weighted by atomic mass is 16.3.